The van der Waals surface area contributed by atoms with Gasteiger partial charge in [0.05, 0.1) is 12.6 Å². The molecule has 2 amide bonds. The predicted octanol–water partition coefficient (Wildman–Crippen LogP) is 4.17. The van der Waals surface area contributed by atoms with Gasteiger partial charge in [0, 0.05) is 82.0 Å². The Morgan fingerprint density at radius 3 is 2.69 bits per heavy atom. The number of imidazole rings is 1. The van der Waals surface area contributed by atoms with Crippen LogP contribution in [-0.2, 0) is 6.54 Å². The van der Waals surface area contributed by atoms with Crippen LogP contribution in [0.25, 0.3) is 32.5 Å². The Labute approximate surface area is 267 Å². The zero-order valence-corrected chi connectivity index (χ0v) is 26.1. The van der Waals surface area contributed by atoms with E-state index in [1.165, 1.54) is 0 Å². The Morgan fingerprint density at radius 1 is 1.11 bits per heavy atom. The number of aromatic nitrogens is 4. The number of piperidine rings is 1. The fourth-order valence-electron chi connectivity index (χ4n) is 7.29. The zero-order valence-electron chi connectivity index (χ0n) is 24.5. The maximum atomic E-state index is 13.8. The van der Waals surface area contributed by atoms with E-state index in [-0.39, 0.29) is 29.7 Å². The molecule has 13 heteroatoms. The van der Waals surface area contributed by atoms with E-state index in [1.807, 2.05) is 35.2 Å². The van der Waals surface area contributed by atoms with Crippen LogP contribution in [0.5, 0.6) is 5.75 Å². The standard InChI is InChI=1S/C32H31ClN8O3S/c1-44-24-9-18(32(43)40-14-17-2-4-23(40)27(17)34)8-22-28(24)41(31(37-22)21-15-45-25-5-3-19(33)10-20(21)25)13-16-11-39(12-16)26-6-7-36-30(38-26)29(35)42/h3,5-10,15-17,23,27H,2,4,11-14,34H2,1H3,(H2,35,42)/t17-,23-,27-/m1/s1. The number of hydrogen-bond donors (Lipinski definition) is 2. The summed E-state index contributed by atoms with van der Waals surface area (Å²) in [6, 6.07) is 11.5. The lowest BCUT2D eigenvalue weighted by Gasteiger charge is -2.40. The molecular formula is C32H31ClN8O3S. The molecule has 4 N–H and O–H groups in total. The highest BCUT2D eigenvalue weighted by Crippen LogP contribution is 2.41. The lowest BCUT2D eigenvalue weighted by Crippen LogP contribution is -2.49. The lowest BCUT2D eigenvalue weighted by molar-refractivity contribution is 0.0700. The number of hydrogen-bond acceptors (Lipinski definition) is 9. The number of nitrogens with zero attached hydrogens (tertiary/aromatic N) is 6. The summed E-state index contributed by atoms with van der Waals surface area (Å²) in [6.45, 7) is 2.79. The van der Waals surface area contributed by atoms with Crippen molar-refractivity contribution in [3.8, 4) is 17.1 Å². The molecule has 230 valence electrons. The third-order valence-electron chi connectivity index (χ3n) is 9.55. The molecule has 2 bridgehead atoms. The molecule has 3 aliphatic rings. The number of carbonyl (C=O) groups is 2. The third-order valence-corrected chi connectivity index (χ3v) is 10.7. The Kier molecular flexibility index (Phi) is 6.70. The number of fused-ring (bicyclic) bond motifs is 4. The first kappa shape index (κ1) is 28.2. The summed E-state index contributed by atoms with van der Waals surface area (Å²) >= 11 is 8.08. The van der Waals surface area contributed by atoms with Gasteiger partial charge in [-0.1, -0.05) is 11.6 Å². The van der Waals surface area contributed by atoms with E-state index in [4.69, 9.17) is 32.8 Å². The van der Waals surface area contributed by atoms with Crippen LogP contribution in [0, 0.1) is 11.8 Å². The lowest BCUT2D eigenvalue weighted by atomic mass is 9.99. The topological polar surface area (TPSA) is 145 Å². The van der Waals surface area contributed by atoms with Gasteiger partial charge in [-0.25, -0.2) is 15.0 Å². The minimum atomic E-state index is -0.656. The molecule has 2 aliphatic heterocycles. The number of anilines is 1. The zero-order chi connectivity index (χ0) is 31.0. The van der Waals surface area contributed by atoms with Gasteiger partial charge in [-0.2, -0.15) is 0 Å². The number of thiophene rings is 1. The molecule has 0 radical (unpaired) electrons. The number of nitrogens with two attached hydrogens (primary N) is 2. The van der Waals surface area contributed by atoms with Gasteiger partial charge >= 0.3 is 0 Å². The molecule has 3 aromatic heterocycles. The van der Waals surface area contributed by atoms with E-state index < -0.39 is 5.91 Å². The molecule has 8 rings (SSSR count). The predicted molar refractivity (Wildman–Crippen MR) is 174 cm³/mol. The van der Waals surface area contributed by atoms with Gasteiger partial charge in [0.25, 0.3) is 11.8 Å². The maximum Gasteiger partial charge on any atom is 0.286 e. The molecule has 1 saturated carbocycles. The Bertz CT molecular complexity index is 2000. The number of methoxy groups -OCH3 is 1. The largest absolute Gasteiger partial charge is 0.494 e. The first-order chi connectivity index (χ1) is 21.8. The fraction of sp³-hybridized carbons (Fsp3) is 0.344. The van der Waals surface area contributed by atoms with Crippen LogP contribution in [0.3, 0.4) is 0 Å². The number of halogens is 1. The van der Waals surface area contributed by atoms with Gasteiger partial charge in [-0.3, -0.25) is 9.59 Å². The van der Waals surface area contributed by atoms with Crippen molar-refractivity contribution in [2.75, 3.05) is 31.6 Å². The van der Waals surface area contributed by atoms with E-state index in [9.17, 15) is 9.59 Å². The van der Waals surface area contributed by atoms with Crippen LogP contribution >= 0.6 is 22.9 Å². The molecule has 5 heterocycles. The van der Waals surface area contributed by atoms with E-state index in [2.05, 4.69) is 24.8 Å². The second-order valence-corrected chi connectivity index (χ2v) is 13.5. The van der Waals surface area contributed by atoms with Gasteiger partial charge in [0.2, 0.25) is 5.82 Å². The molecule has 3 fully saturated rings. The average molecular weight is 643 g/mol. The van der Waals surface area contributed by atoms with E-state index >= 15 is 0 Å². The SMILES string of the molecule is COc1cc(C(=O)N2C[C@H]3CC[C@@H]2[C@@H]3N)cc2nc(-c3csc4ccc(Cl)cc34)n(CC3CN(c4ccnc(C(N)=O)n4)C3)c12. The third kappa shape index (κ3) is 4.62. The number of rotatable bonds is 7. The normalized spacial score (nSPS) is 21.2. The first-order valence-electron chi connectivity index (χ1n) is 15.0. The highest BCUT2D eigenvalue weighted by molar-refractivity contribution is 7.17. The number of amides is 2. The quantitative estimate of drug-likeness (QED) is 0.269. The van der Waals surface area contributed by atoms with Crippen LogP contribution in [0.2, 0.25) is 5.02 Å². The van der Waals surface area contributed by atoms with Crippen molar-refractivity contribution in [2.45, 2.75) is 31.5 Å². The maximum absolute atomic E-state index is 13.8. The minimum absolute atomic E-state index is 0.000618. The fourth-order valence-corrected chi connectivity index (χ4v) is 8.38. The van der Waals surface area contributed by atoms with Gasteiger partial charge in [-0.05, 0) is 55.2 Å². The number of likely N-dealkylation sites (tertiary alicyclic amines) is 1. The highest BCUT2D eigenvalue weighted by Gasteiger charge is 2.47. The molecule has 5 aromatic rings. The van der Waals surface area contributed by atoms with Crippen molar-refractivity contribution in [2.24, 2.45) is 23.3 Å². The van der Waals surface area contributed by atoms with Crippen molar-refractivity contribution in [3.63, 3.8) is 0 Å². The second kappa shape index (κ2) is 10.7. The molecule has 2 saturated heterocycles. The summed E-state index contributed by atoms with van der Waals surface area (Å²) in [5.74, 6) is 1.99. The van der Waals surface area contributed by atoms with Gasteiger partial charge < -0.3 is 30.6 Å². The summed E-state index contributed by atoms with van der Waals surface area (Å²) in [6.07, 6.45) is 3.57. The van der Waals surface area contributed by atoms with Crippen LogP contribution in [-0.4, -0.2) is 75.1 Å². The smallest absolute Gasteiger partial charge is 0.286 e. The number of primary amides is 1. The number of ether oxygens (including phenoxy) is 1. The van der Waals surface area contributed by atoms with Gasteiger partial charge in [-0.15, -0.1) is 11.3 Å². The van der Waals surface area contributed by atoms with Crippen LogP contribution in [0.1, 0.15) is 33.8 Å². The molecule has 0 unspecified atom stereocenters. The molecule has 3 atom stereocenters. The Morgan fingerprint density at radius 2 is 1.96 bits per heavy atom. The molecule has 45 heavy (non-hydrogen) atoms. The molecule has 1 aliphatic carbocycles. The highest BCUT2D eigenvalue weighted by atomic mass is 35.5. The summed E-state index contributed by atoms with van der Waals surface area (Å²) in [5, 5.41) is 3.79. The van der Waals surface area contributed by atoms with E-state index in [0.717, 1.165) is 52.9 Å². The van der Waals surface area contributed by atoms with Crippen molar-refractivity contribution >= 4 is 61.7 Å². The van der Waals surface area contributed by atoms with Gasteiger partial charge in [0.1, 0.15) is 22.9 Å². The molecular weight excluding hydrogens is 612 g/mol. The second-order valence-electron chi connectivity index (χ2n) is 12.2. The van der Waals surface area contributed by atoms with Crippen molar-refractivity contribution in [3.05, 3.63) is 64.4 Å². The number of carbonyl (C=O) groups excluding carboxylic acids is 2. The average Bonchev–Trinajstić information content (AvgIpc) is 3.78. The van der Waals surface area contributed by atoms with Crippen LogP contribution < -0.4 is 21.1 Å². The van der Waals surface area contributed by atoms with Gasteiger partial charge in [0.15, 0.2) is 0 Å². The van der Waals surface area contributed by atoms with Crippen molar-refractivity contribution in [1.82, 2.24) is 24.4 Å². The Hall–Kier alpha value is -4.26. The van der Waals surface area contributed by atoms with Crippen molar-refractivity contribution < 1.29 is 14.3 Å². The van der Waals surface area contributed by atoms with Crippen LogP contribution in [0.4, 0.5) is 5.82 Å². The van der Waals surface area contributed by atoms with E-state index in [0.29, 0.717) is 46.7 Å². The molecule has 2 aromatic carbocycles. The molecule has 11 nitrogen and oxygen atoms in total. The Balaban J connectivity index is 1.18. The summed E-state index contributed by atoms with van der Waals surface area (Å²) in [4.78, 5) is 42.9. The number of benzene rings is 2. The minimum Gasteiger partial charge on any atom is -0.494 e. The van der Waals surface area contributed by atoms with Crippen LogP contribution in [0.15, 0.2) is 48.0 Å². The van der Waals surface area contributed by atoms with E-state index in [1.54, 1.807) is 30.7 Å². The van der Waals surface area contributed by atoms with Crippen molar-refractivity contribution in [1.29, 1.82) is 0 Å². The summed E-state index contributed by atoms with van der Waals surface area (Å²) < 4.78 is 9.27. The first-order valence-corrected chi connectivity index (χ1v) is 16.2. The summed E-state index contributed by atoms with van der Waals surface area (Å²) in [5.41, 5.74) is 14.9. The monoisotopic (exact) mass is 642 g/mol. The molecule has 0 spiro atoms. The summed E-state index contributed by atoms with van der Waals surface area (Å²) in [7, 11) is 1.63.